The maximum absolute atomic E-state index is 13.4. The van der Waals surface area contributed by atoms with Crippen molar-refractivity contribution in [3.63, 3.8) is 0 Å². The first-order valence-electron chi connectivity index (χ1n) is 11.7. The van der Waals surface area contributed by atoms with Crippen LogP contribution in [-0.2, 0) is 17.6 Å². The number of nitrogens with one attached hydrogen (secondary N) is 2. The number of carbonyl (C=O) groups excluding carboxylic acids is 1. The fraction of sp³-hybridized carbons (Fsp3) is 0.440. The molecule has 2 N–H and O–H groups in total. The first-order valence-corrected chi connectivity index (χ1v) is 11.7. The number of aromatic amines is 1. The average molecular weight is 447 g/mol. The van der Waals surface area contributed by atoms with Crippen molar-refractivity contribution in [2.24, 2.45) is 0 Å². The van der Waals surface area contributed by atoms with Crippen molar-refractivity contribution in [2.75, 3.05) is 25.0 Å². The second-order valence-electron chi connectivity index (χ2n) is 8.91. The Bertz CT molecular complexity index is 1160. The van der Waals surface area contributed by atoms with E-state index in [0.717, 1.165) is 65.5 Å². The number of ether oxygens (including phenoxy) is 1. The van der Waals surface area contributed by atoms with Crippen molar-refractivity contribution in [1.29, 1.82) is 0 Å². The number of nitrogens with zero attached hydrogens (tertiary/aromatic N) is 4. The van der Waals surface area contributed by atoms with Gasteiger partial charge in [0.15, 0.2) is 5.69 Å². The number of aromatic nitrogens is 4. The standard InChI is InChI=1S/C25H30N6O2/c1-16-7-6-10-23(27-16)28-18-13-17(2)26-21(14-18)22-15-31(11-12-33-22)25(32)24-19-8-4-3-5-9-20(19)29-30-24/h6-7,10,13-14,22H,3-5,8-9,11-12,15H2,1-2H3,(H,29,30)(H,26,27,28). The van der Waals surface area contributed by atoms with Crippen LogP contribution in [0.5, 0.6) is 0 Å². The SMILES string of the molecule is Cc1cccc(Nc2cc(C)nc(C3CN(C(=O)c4n[nH]c5c4CCCCC5)CCO3)c2)n1. The highest BCUT2D eigenvalue weighted by Crippen LogP contribution is 2.28. The van der Waals surface area contributed by atoms with E-state index in [-0.39, 0.29) is 12.0 Å². The molecule has 8 nitrogen and oxygen atoms in total. The number of pyridine rings is 2. The fourth-order valence-corrected chi connectivity index (χ4v) is 4.69. The molecule has 1 saturated heterocycles. The van der Waals surface area contributed by atoms with Crippen molar-refractivity contribution in [2.45, 2.75) is 52.1 Å². The summed E-state index contributed by atoms with van der Waals surface area (Å²) in [7, 11) is 0. The molecule has 0 saturated carbocycles. The first-order chi connectivity index (χ1) is 16.1. The summed E-state index contributed by atoms with van der Waals surface area (Å²) >= 11 is 0. The highest BCUT2D eigenvalue weighted by molar-refractivity contribution is 5.94. The number of morpholine rings is 1. The van der Waals surface area contributed by atoms with Crippen molar-refractivity contribution in [3.8, 4) is 0 Å². The zero-order valence-corrected chi connectivity index (χ0v) is 19.2. The molecule has 2 aliphatic rings. The number of hydrogen-bond donors (Lipinski definition) is 2. The fourth-order valence-electron chi connectivity index (χ4n) is 4.69. The zero-order valence-electron chi connectivity index (χ0n) is 19.2. The van der Waals surface area contributed by atoms with Crippen molar-refractivity contribution in [1.82, 2.24) is 25.1 Å². The van der Waals surface area contributed by atoms with Crippen molar-refractivity contribution >= 4 is 17.4 Å². The molecule has 172 valence electrons. The summed E-state index contributed by atoms with van der Waals surface area (Å²) in [6, 6.07) is 9.85. The predicted molar refractivity (Wildman–Crippen MR) is 126 cm³/mol. The van der Waals surface area contributed by atoms with Gasteiger partial charge in [0.1, 0.15) is 11.9 Å². The first kappa shape index (κ1) is 21.6. The van der Waals surface area contributed by atoms with Crippen LogP contribution in [0.4, 0.5) is 11.5 Å². The predicted octanol–water partition coefficient (Wildman–Crippen LogP) is 4.04. The van der Waals surface area contributed by atoms with E-state index in [1.807, 2.05) is 49.1 Å². The summed E-state index contributed by atoms with van der Waals surface area (Å²) in [5, 5.41) is 10.9. The molecule has 8 heteroatoms. The van der Waals surface area contributed by atoms with Crippen molar-refractivity contribution < 1.29 is 9.53 Å². The maximum Gasteiger partial charge on any atom is 0.274 e. The second-order valence-corrected chi connectivity index (χ2v) is 8.91. The summed E-state index contributed by atoms with van der Waals surface area (Å²) in [6.45, 7) is 5.41. The van der Waals surface area contributed by atoms with Gasteiger partial charge in [-0.1, -0.05) is 12.5 Å². The monoisotopic (exact) mass is 446 g/mol. The minimum atomic E-state index is -0.286. The molecule has 1 fully saturated rings. The Balaban J connectivity index is 1.34. The van der Waals surface area contributed by atoms with Crippen LogP contribution in [0.15, 0.2) is 30.3 Å². The second kappa shape index (κ2) is 9.31. The molecule has 0 spiro atoms. The minimum absolute atomic E-state index is 0.0161. The summed E-state index contributed by atoms with van der Waals surface area (Å²) in [6.07, 6.45) is 5.06. The van der Waals surface area contributed by atoms with E-state index in [0.29, 0.717) is 25.4 Å². The van der Waals surface area contributed by atoms with Gasteiger partial charge < -0.3 is 15.0 Å². The lowest BCUT2D eigenvalue weighted by molar-refractivity contribution is -0.0249. The van der Waals surface area contributed by atoms with E-state index >= 15 is 0 Å². The highest BCUT2D eigenvalue weighted by Gasteiger charge is 2.31. The number of aryl methyl sites for hydroxylation is 3. The maximum atomic E-state index is 13.4. The van der Waals surface area contributed by atoms with Gasteiger partial charge in [-0.3, -0.25) is 14.9 Å². The molecule has 1 atom stereocenters. The van der Waals surface area contributed by atoms with Crippen LogP contribution in [0.25, 0.3) is 0 Å². The number of anilines is 2. The molecule has 0 aromatic carbocycles. The summed E-state index contributed by atoms with van der Waals surface area (Å²) in [5.41, 5.74) is 6.36. The molecule has 33 heavy (non-hydrogen) atoms. The minimum Gasteiger partial charge on any atom is -0.368 e. The number of H-pyrrole nitrogens is 1. The quantitative estimate of drug-likeness (QED) is 0.587. The zero-order chi connectivity index (χ0) is 22.8. The highest BCUT2D eigenvalue weighted by atomic mass is 16.5. The molecule has 1 amide bonds. The Hall–Kier alpha value is -3.26. The third kappa shape index (κ3) is 4.75. The van der Waals surface area contributed by atoms with E-state index in [1.165, 1.54) is 6.42 Å². The molecule has 0 bridgehead atoms. The number of amides is 1. The Kier molecular flexibility index (Phi) is 6.09. The lowest BCUT2D eigenvalue weighted by atomic mass is 10.1. The molecule has 3 aromatic rings. The van der Waals surface area contributed by atoms with Crippen LogP contribution in [-0.4, -0.2) is 50.7 Å². The summed E-state index contributed by atoms with van der Waals surface area (Å²) in [4.78, 5) is 24.5. The van der Waals surface area contributed by atoms with E-state index in [1.54, 1.807) is 0 Å². The Morgan fingerprint density at radius 2 is 2.00 bits per heavy atom. The largest absolute Gasteiger partial charge is 0.368 e. The van der Waals surface area contributed by atoms with E-state index in [4.69, 9.17) is 9.72 Å². The van der Waals surface area contributed by atoms with Crippen LogP contribution < -0.4 is 5.32 Å². The molecular weight excluding hydrogens is 416 g/mol. The number of rotatable bonds is 4. The van der Waals surface area contributed by atoms with E-state index < -0.39 is 0 Å². The van der Waals surface area contributed by atoms with Gasteiger partial charge in [0.2, 0.25) is 0 Å². The van der Waals surface area contributed by atoms with Crippen LogP contribution in [0, 0.1) is 13.8 Å². The molecule has 1 aliphatic carbocycles. The van der Waals surface area contributed by atoms with Gasteiger partial charge in [0.25, 0.3) is 5.91 Å². The van der Waals surface area contributed by atoms with Gasteiger partial charge in [-0.25, -0.2) is 4.98 Å². The third-order valence-corrected chi connectivity index (χ3v) is 6.33. The number of hydrogen-bond acceptors (Lipinski definition) is 6. The van der Waals surface area contributed by atoms with Crippen LogP contribution in [0.3, 0.4) is 0 Å². The number of carbonyl (C=O) groups is 1. The normalized spacial score (nSPS) is 18.5. The smallest absolute Gasteiger partial charge is 0.274 e. The Labute approximate surface area is 193 Å². The topological polar surface area (TPSA) is 96.0 Å². The molecule has 1 unspecified atom stereocenters. The van der Waals surface area contributed by atoms with Gasteiger partial charge in [-0.2, -0.15) is 5.10 Å². The van der Waals surface area contributed by atoms with Crippen molar-refractivity contribution in [3.05, 3.63) is 64.4 Å². The van der Waals surface area contributed by atoms with Crippen LogP contribution >= 0.6 is 0 Å². The van der Waals surface area contributed by atoms with Gasteiger partial charge in [-0.15, -0.1) is 0 Å². The molecule has 0 radical (unpaired) electrons. The van der Waals surface area contributed by atoms with Gasteiger partial charge in [-0.05, 0) is 63.8 Å². The van der Waals surface area contributed by atoms with Crippen LogP contribution in [0.1, 0.15) is 64.2 Å². The average Bonchev–Trinajstić information content (AvgIpc) is 3.06. The lowest BCUT2D eigenvalue weighted by Gasteiger charge is -2.32. The Morgan fingerprint density at radius 1 is 1.12 bits per heavy atom. The van der Waals surface area contributed by atoms with Gasteiger partial charge >= 0.3 is 0 Å². The molecule has 3 aromatic heterocycles. The summed E-state index contributed by atoms with van der Waals surface area (Å²) < 4.78 is 6.05. The third-order valence-electron chi connectivity index (χ3n) is 6.33. The summed E-state index contributed by atoms with van der Waals surface area (Å²) in [5.74, 6) is 0.768. The number of fused-ring (bicyclic) bond motifs is 1. The molecule has 1 aliphatic heterocycles. The van der Waals surface area contributed by atoms with E-state index in [9.17, 15) is 4.79 Å². The molecule has 4 heterocycles. The van der Waals surface area contributed by atoms with E-state index in [2.05, 4.69) is 20.5 Å². The molecule has 5 rings (SSSR count). The van der Waals surface area contributed by atoms with Crippen LogP contribution in [0.2, 0.25) is 0 Å². The lowest BCUT2D eigenvalue weighted by Crippen LogP contribution is -2.43. The molecular formula is C25H30N6O2. The Morgan fingerprint density at radius 3 is 2.88 bits per heavy atom. The van der Waals surface area contributed by atoms with Gasteiger partial charge in [0.05, 0.1) is 18.8 Å². The van der Waals surface area contributed by atoms with Gasteiger partial charge in [0, 0.05) is 34.9 Å².